The van der Waals surface area contributed by atoms with Crippen LogP contribution in [0, 0.1) is 6.92 Å². The van der Waals surface area contributed by atoms with Gasteiger partial charge in [-0.25, -0.2) is 4.79 Å². The van der Waals surface area contributed by atoms with Crippen LogP contribution in [0.4, 0.5) is 0 Å². The van der Waals surface area contributed by atoms with E-state index in [1.807, 2.05) is 4.90 Å². The highest BCUT2D eigenvalue weighted by Gasteiger charge is 2.21. The van der Waals surface area contributed by atoms with E-state index in [0.29, 0.717) is 13.0 Å². The zero-order valence-corrected chi connectivity index (χ0v) is 15.0. The normalized spacial score (nSPS) is 15.2. The Balaban J connectivity index is 1.44. The topological polar surface area (TPSA) is 78.7 Å². The SMILES string of the molecule is Cc1ccccc1CN1CCN(C(=O)CCn2ccc(C(=O)O)n2)CC1. The number of hydrogen-bond acceptors (Lipinski definition) is 4. The molecular formula is C19H24N4O3. The summed E-state index contributed by atoms with van der Waals surface area (Å²) < 4.78 is 1.51. The van der Waals surface area contributed by atoms with Crippen molar-refractivity contribution in [2.24, 2.45) is 0 Å². The fourth-order valence-corrected chi connectivity index (χ4v) is 3.15. The molecule has 1 amide bonds. The van der Waals surface area contributed by atoms with Crippen molar-refractivity contribution in [3.05, 3.63) is 53.3 Å². The van der Waals surface area contributed by atoms with E-state index in [1.54, 1.807) is 6.20 Å². The third-order valence-corrected chi connectivity index (χ3v) is 4.79. The van der Waals surface area contributed by atoms with Crippen LogP contribution < -0.4 is 0 Å². The molecule has 26 heavy (non-hydrogen) atoms. The van der Waals surface area contributed by atoms with Gasteiger partial charge in [-0.15, -0.1) is 0 Å². The van der Waals surface area contributed by atoms with Gasteiger partial charge in [0.1, 0.15) is 0 Å². The minimum absolute atomic E-state index is 0.00210. The summed E-state index contributed by atoms with van der Waals surface area (Å²) in [6.45, 7) is 6.63. The lowest BCUT2D eigenvalue weighted by molar-refractivity contribution is -0.133. The first-order valence-electron chi connectivity index (χ1n) is 8.84. The van der Waals surface area contributed by atoms with E-state index in [2.05, 4.69) is 41.2 Å². The highest BCUT2D eigenvalue weighted by Crippen LogP contribution is 2.13. The number of piperazine rings is 1. The third kappa shape index (κ3) is 4.49. The van der Waals surface area contributed by atoms with E-state index < -0.39 is 5.97 Å². The molecule has 1 aliphatic heterocycles. The molecule has 0 radical (unpaired) electrons. The van der Waals surface area contributed by atoms with Gasteiger partial charge in [0.05, 0.1) is 0 Å². The summed E-state index contributed by atoms with van der Waals surface area (Å²) in [6.07, 6.45) is 1.93. The van der Waals surface area contributed by atoms with E-state index >= 15 is 0 Å². The molecule has 0 saturated carbocycles. The number of nitrogens with zero attached hydrogens (tertiary/aromatic N) is 4. The Morgan fingerprint density at radius 2 is 1.85 bits per heavy atom. The molecule has 1 saturated heterocycles. The molecule has 2 aromatic rings. The number of hydrogen-bond donors (Lipinski definition) is 1. The van der Waals surface area contributed by atoms with Gasteiger partial charge in [0.25, 0.3) is 0 Å². The van der Waals surface area contributed by atoms with Crippen molar-refractivity contribution < 1.29 is 14.7 Å². The van der Waals surface area contributed by atoms with Crippen LogP contribution in [0.1, 0.15) is 28.0 Å². The molecule has 1 fully saturated rings. The largest absolute Gasteiger partial charge is 0.476 e. The van der Waals surface area contributed by atoms with Crippen LogP contribution >= 0.6 is 0 Å². The Kier molecular flexibility index (Phi) is 5.68. The average Bonchev–Trinajstić information content (AvgIpc) is 3.12. The number of carboxylic acids is 1. The van der Waals surface area contributed by atoms with E-state index in [9.17, 15) is 9.59 Å². The predicted octanol–water partition coefficient (Wildman–Crippen LogP) is 1.62. The van der Waals surface area contributed by atoms with Crippen molar-refractivity contribution in [1.82, 2.24) is 19.6 Å². The molecule has 0 atom stereocenters. The van der Waals surface area contributed by atoms with Crippen molar-refractivity contribution in [3.8, 4) is 0 Å². The Morgan fingerprint density at radius 1 is 1.12 bits per heavy atom. The van der Waals surface area contributed by atoms with Crippen LogP contribution in [-0.2, 0) is 17.9 Å². The first-order valence-corrected chi connectivity index (χ1v) is 8.84. The molecule has 1 aliphatic rings. The zero-order chi connectivity index (χ0) is 18.5. The minimum atomic E-state index is -1.06. The molecule has 0 aliphatic carbocycles. The molecule has 0 spiro atoms. The molecule has 1 N–H and O–H groups in total. The lowest BCUT2D eigenvalue weighted by Gasteiger charge is -2.35. The second-order valence-corrected chi connectivity index (χ2v) is 6.60. The molecule has 1 aromatic carbocycles. The first kappa shape index (κ1) is 18.1. The van der Waals surface area contributed by atoms with Crippen molar-refractivity contribution in [3.63, 3.8) is 0 Å². The number of carboxylic acid groups (broad SMARTS) is 1. The molecular weight excluding hydrogens is 332 g/mol. The maximum absolute atomic E-state index is 12.4. The average molecular weight is 356 g/mol. The van der Waals surface area contributed by atoms with Crippen molar-refractivity contribution in [2.45, 2.75) is 26.4 Å². The van der Waals surface area contributed by atoms with Gasteiger partial charge in [0.15, 0.2) is 5.69 Å². The van der Waals surface area contributed by atoms with E-state index in [-0.39, 0.29) is 11.6 Å². The standard InChI is InChI=1S/C19H24N4O3/c1-15-4-2-3-5-16(15)14-21-10-12-22(13-11-21)18(24)7-9-23-8-6-17(20-23)19(25)26/h2-6,8H,7,9-14H2,1H3,(H,25,26). The lowest BCUT2D eigenvalue weighted by atomic mass is 10.1. The fraction of sp³-hybridized carbons (Fsp3) is 0.421. The lowest BCUT2D eigenvalue weighted by Crippen LogP contribution is -2.48. The van der Waals surface area contributed by atoms with Crippen LogP contribution in [0.5, 0.6) is 0 Å². The summed E-state index contributed by atoms with van der Waals surface area (Å²) in [6, 6.07) is 9.83. The monoisotopic (exact) mass is 356 g/mol. The Bertz CT molecular complexity index is 779. The number of aromatic nitrogens is 2. The van der Waals surface area contributed by atoms with Crippen LogP contribution in [-0.4, -0.2) is 62.7 Å². The van der Waals surface area contributed by atoms with Crippen LogP contribution in [0.25, 0.3) is 0 Å². The number of aryl methyl sites for hydroxylation is 2. The summed E-state index contributed by atoms with van der Waals surface area (Å²) in [5.74, 6) is -0.965. The van der Waals surface area contributed by atoms with Crippen molar-refractivity contribution >= 4 is 11.9 Å². The van der Waals surface area contributed by atoms with Crippen LogP contribution in [0.2, 0.25) is 0 Å². The second-order valence-electron chi connectivity index (χ2n) is 6.60. The number of carbonyl (C=O) groups excluding carboxylic acids is 1. The van der Waals surface area contributed by atoms with Crippen molar-refractivity contribution in [1.29, 1.82) is 0 Å². The molecule has 2 heterocycles. The molecule has 138 valence electrons. The second kappa shape index (κ2) is 8.14. The molecule has 0 bridgehead atoms. The van der Waals surface area contributed by atoms with E-state index in [0.717, 1.165) is 32.7 Å². The summed E-state index contributed by atoms with van der Waals surface area (Å²) in [4.78, 5) is 27.5. The van der Waals surface area contributed by atoms with Gasteiger partial charge in [0, 0.05) is 51.9 Å². The molecule has 1 aromatic heterocycles. The summed E-state index contributed by atoms with van der Waals surface area (Å²) in [5, 5.41) is 12.8. The maximum Gasteiger partial charge on any atom is 0.356 e. The minimum Gasteiger partial charge on any atom is -0.476 e. The quantitative estimate of drug-likeness (QED) is 0.851. The van der Waals surface area contributed by atoms with Gasteiger partial charge in [0.2, 0.25) is 5.91 Å². The fourth-order valence-electron chi connectivity index (χ4n) is 3.15. The van der Waals surface area contributed by atoms with Gasteiger partial charge < -0.3 is 10.0 Å². The van der Waals surface area contributed by atoms with Crippen molar-refractivity contribution in [2.75, 3.05) is 26.2 Å². The van der Waals surface area contributed by atoms with Gasteiger partial charge in [-0.2, -0.15) is 5.10 Å². The highest BCUT2D eigenvalue weighted by molar-refractivity contribution is 5.85. The number of carbonyl (C=O) groups is 2. The number of rotatable bonds is 6. The maximum atomic E-state index is 12.4. The van der Waals surface area contributed by atoms with Gasteiger partial charge >= 0.3 is 5.97 Å². The smallest absolute Gasteiger partial charge is 0.356 e. The number of amides is 1. The third-order valence-electron chi connectivity index (χ3n) is 4.79. The molecule has 7 heteroatoms. The summed E-state index contributed by atoms with van der Waals surface area (Å²) >= 11 is 0. The van der Waals surface area contributed by atoms with Crippen LogP contribution in [0.3, 0.4) is 0 Å². The predicted molar refractivity (Wildman–Crippen MR) is 96.8 cm³/mol. The summed E-state index contributed by atoms with van der Waals surface area (Å²) in [5.41, 5.74) is 2.63. The molecule has 0 unspecified atom stereocenters. The molecule has 7 nitrogen and oxygen atoms in total. The van der Waals surface area contributed by atoms with Crippen LogP contribution in [0.15, 0.2) is 36.5 Å². The van der Waals surface area contributed by atoms with Gasteiger partial charge in [-0.05, 0) is 24.1 Å². The van der Waals surface area contributed by atoms with E-state index in [4.69, 9.17) is 5.11 Å². The van der Waals surface area contributed by atoms with Gasteiger partial charge in [-0.3, -0.25) is 14.4 Å². The Morgan fingerprint density at radius 3 is 2.50 bits per heavy atom. The number of aromatic carboxylic acids is 1. The Labute approximate surface area is 152 Å². The number of benzene rings is 1. The first-order chi connectivity index (χ1) is 12.5. The zero-order valence-electron chi connectivity index (χ0n) is 15.0. The Hall–Kier alpha value is -2.67. The van der Waals surface area contributed by atoms with E-state index in [1.165, 1.54) is 21.9 Å². The summed E-state index contributed by atoms with van der Waals surface area (Å²) in [7, 11) is 0. The molecule has 3 rings (SSSR count). The highest BCUT2D eigenvalue weighted by atomic mass is 16.4. The van der Waals surface area contributed by atoms with Gasteiger partial charge in [-0.1, -0.05) is 24.3 Å².